The summed E-state index contributed by atoms with van der Waals surface area (Å²) in [6, 6.07) is 4.94. The minimum Gasteiger partial charge on any atom is -0.504 e. The quantitative estimate of drug-likeness (QED) is 0.427. The maximum atomic E-state index is 12.5. The molecule has 1 heterocycles. The molecule has 7 nitrogen and oxygen atoms in total. The molecule has 0 saturated heterocycles. The summed E-state index contributed by atoms with van der Waals surface area (Å²) < 4.78 is 10.5. The van der Waals surface area contributed by atoms with Crippen LogP contribution >= 0.6 is 0 Å². The molecule has 0 spiro atoms. The van der Waals surface area contributed by atoms with Crippen molar-refractivity contribution in [2.45, 2.75) is 53.4 Å². The largest absolute Gasteiger partial charge is 0.504 e. The number of allylic oxidation sites excluding steroid dienone is 2. The zero-order valence-electron chi connectivity index (χ0n) is 19.1. The number of amides is 1. The van der Waals surface area contributed by atoms with E-state index >= 15 is 0 Å². The van der Waals surface area contributed by atoms with E-state index in [1.807, 2.05) is 0 Å². The molecule has 1 aromatic carbocycles. The smallest absolute Gasteiger partial charge is 0.226 e. The topological polar surface area (TPSA) is 97.5 Å². The predicted molar refractivity (Wildman–Crippen MR) is 119 cm³/mol. The van der Waals surface area contributed by atoms with E-state index in [2.05, 4.69) is 49.2 Å². The number of unbranched alkanes of at least 4 members (excludes halogenated alkanes) is 2. The van der Waals surface area contributed by atoms with E-state index in [4.69, 9.17) is 9.26 Å². The van der Waals surface area contributed by atoms with E-state index < -0.39 is 0 Å². The molecule has 1 fully saturated rings. The van der Waals surface area contributed by atoms with Gasteiger partial charge in [0.05, 0.1) is 13.0 Å². The van der Waals surface area contributed by atoms with Crippen molar-refractivity contribution >= 4 is 5.91 Å². The number of nitrogens with one attached hydrogen (secondary N) is 1. The summed E-state index contributed by atoms with van der Waals surface area (Å²) in [5, 5.41) is 16.8. The Kier molecular flexibility index (Phi) is 7.03. The van der Waals surface area contributed by atoms with Gasteiger partial charge >= 0.3 is 0 Å². The summed E-state index contributed by atoms with van der Waals surface area (Å²) in [6.45, 7) is 9.17. The highest BCUT2D eigenvalue weighted by atomic mass is 16.5. The van der Waals surface area contributed by atoms with Crippen LogP contribution in [-0.4, -0.2) is 34.8 Å². The maximum Gasteiger partial charge on any atom is 0.226 e. The van der Waals surface area contributed by atoms with Crippen LogP contribution in [0.15, 0.2) is 34.4 Å². The molecule has 7 heteroatoms. The number of ether oxygens (including phenoxy) is 1. The number of phenols is 1. The fraction of sp³-hybridized carbons (Fsp3) is 0.542. The normalized spacial score (nSPS) is 19.0. The summed E-state index contributed by atoms with van der Waals surface area (Å²) in [6.07, 6.45) is 5.70. The van der Waals surface area contributed by atoms with E-state index in [0.29, 0.717) is 36.3 Å². The van der Waals surface area contributed by atoms with Gasteiger partial charge in [-0.2, -0.15) is 4.98 Å². The van der Waals surface area contributed by atoms with Crippen molar-refractivity contribution in [2.24, 2.45) is 17.3 Å². The van der Waals surface area contributed by atoms with Gasteiger partial charge in [-0.25, -0.2) is 0 Å². The van der Waals surface area contributed by atoms with E-state index in [1.165, 1.54) is 12.7 Å². The highest BCUT2D eigenvalue weighted by Gasteiger charge is 2.60. The number of hydrogen-bond acceptors (Lipinski definition) is 6. The third kappa shape index (κ3) is 5.46. The number of phenolic OH excluding ortho intramolecular Hbond substituents is 1. The maximum absolute atomic E-state index is 12.5. The number of methoxy groups -OCH3 is 1. The van der Waals surface area contributed by atoms with Gasteiger partial charge in [0.15, 0.2) is 11.5 Å². The summed E-state index contributed by atoms with van der Waals surface area (Å²) >= 11 is 0. The van der Waals surface area contributed by atoms with E-state index in [1.54, 1.807) is 18.2 Å². The Morgan fingerprint density at radius 1 is 1.29 bits per heavy atom. The standard InChI is InChI=1S/C24H33N3O4/c1-15(2)13-17-21(24(17,3)4)23(29)25-12-8-6-7-9-20-26-22(27-31-20)16-10-11-18(28)19(14-16)30-5/h10-11,13-14,17,21,28H,6-9,12H2,1-5H3,(H,25,29). The van der Waals surface area contributed by atoms with E-state index in [9.17, 15) is 9.90 Å². The molecule has 1 amide bonds. The number of aromatic nitrogens is 2. The van der Waals surface area contributed by atoms with Crippen molar-refractivity contribution in [3.8, 4) is 22.9 Å². The van der Waals surface area contributed by atoms with Crippen molar-refractivity contribution in [2.75, 3.05) is 13.7 Å². The molecule has 2 atom stereocenters. The molecule has 1 aliphatic carbocycles. The van der Waals surface area contributed by atoms with Crippen LogP contribution in [0.3, 0.4) is 0 Å². The van der Waals surface area contributed by atoms with Crippen molar-refractivity contribution in [1.82, 2.24) is 15.5 Å². The molecular formula is C24H33N3O4. The molecule has 3 rings (SSSR count). The Balaban J connectivity index is 1.38. The average Bonchev–Trinajstić information content (AvgIpc) is 3.04. The van der Waals surface area contributed by atoms with Crippen LogP contribution in [0.1, 0.15) is 52.8 Å². The number of aromatic hydroxyl groups is 1. The number of benzene rings is 1. The Bertz CT molecular complexity index is 944. The lowest BCUT2D eigenvalue weighted by atomic mass is 10.1. The molecule has 2 aromatic rings. The Hall–Kier alpha value is -2.83. The van der Waals surface area contributed by atoms with Crippen molar-refractivity contribution < 1.29 is 19.2 Å². The number of carbonyl (C=O) groups is 1. The molecule has 31 heavy (non-hydrogen) atoms. The highest BCUT2D eigenvalue weighted by Crippen LogP contribution is 2.59. The summed E-state index contributed by atoms with van der Waals surface area (Å²) in [5.41, 5.74) is 2.04. The first-order valence-corrected chi connectivity index (χ1v) is 10.9. The van der Waals surface area contributed by atoms with Crippen LogP contribution < -0.4 is 10.1 Å². The Morgan fingerprint density at radius 2 is 2.06 bits per heavy atom. The lowest BCUT2D eigenvalue weighted by molar-refractivity contribution is -0.123. The minimum absolute atomic E-state index is 0.0541. The van der Waals surface area contributed by atoms with Gasteiger partial charge < -0.3 is 19.7 Å². The minimum atomic E-state index is 0.0541. The average molecular weight is 428 g/mol. The van der Waals surface area contributed by atoms with Crippen LogP contribution in [0, 0.1) is 17.3 Å². The zero-order valence-corrected chi connectivity index (χ0v) is 19.1. The lowest BCUT2D eigenvalue weighted by Gasteiger charge is -2.05. The second kappa shape index (κ2) is 9.54. The third-order valence-electron chi connectivity index (χ3n) is 5.98. The number of nitrogens with zero attached hydrogens (tertiary/aromatic N) is 2. The van der Waals surface area contributed by atoms with Crippen molar-refractivity contribution in [1.29, 1.82) is 0 Å². The summed E-state index contributed by atoms with van der Waals surface area (Å²) in [7, 11) is 1.50. The Morgan fingerprint density at radius 3 is 2.77 bits per heavy atom. The molecule has 0 aliphatic heterocycles. The first kappa shape index (κ1) is 22.8. The predicted octanol–water partition coefficient (Wildman–Crippen LogP) is 4.52. The van der Waals surface area contributed by atoms with E-state index in [-0.39, 0.29) is 23.0 Å². The number of aryl methyl sites for hydroxylation is 1. The van der Waals surface area contributed by atoms with E-state index in [0.717, 1.165) is 24.8 Å². The fourth-order valence-electron chi connectivity index (χ4n) is 4.04. The molecule has 168 valence electrons. The molecule has 2 N–H and O–H groups in total. The van der Waals surface area contributed by atoms with Crippen LogP contribution in [-0.2, 0) is 11.2 Å². The lowest BCUT2D eigenvalue weighted by Crippen LogP contribution is -2.27. The first-order chi connectivity index (χ1) is 14.7. The second-order valence-corrected chi connectivity index (χ2v) is 9.07. The van der Waals surface area contributed by atoms with Crippen LogP contribution in [0.2, 0.25) is 0 Å². The van der Waals surface area contributed by atoms with Gasteiger partial charge in [0.2, 0.25) is 17.6 Å². The monoisotopic (exact) mass is 427 g/mol. The zero-order chi connectivity index (χ0) is 22.6. The second-order valence-electron chi connectivity index (χ2n) is 9.07. The first-order valence-electron chi connectivity index (χ1n) is 10.9. The van der Waals surface area contributed by atoms with Gasteiger partial charge in [0.25, 0.3) is 0 Å². The van der Waals surface area contributed by atoms with Gasteiger partial charge in [0, 0.05) is 18.5 Å². The van der Waals surface area contributed by atoms with Gasteiger partial charge in [-0.15, -0.1) is 0 Å². The van der Waals surface area contributed by atoms with Gasteiger partial charge in [-0.1, -0.05) is 37.1 Å². The number of rotatable bonds is 10. The molecule has 0 radical (unpaired) electrons. The molecule has 2 unspecified atom stereocenters. The molecular weight excluding hydrogens is 394 g/mol. The SMILES string of the molecule is COc1cc(-c2noc(CCCCCNC(=O)C3C(C=C(C)C)C3(C)C)n2)ccc1O. The molecule has 1 saturated carbocycles. The molecule has 0 bridgehead atoms. The van der Waals surface area contributed by atoms with Crippen LogP contribution in [0.25, 0.3) is 11.4 Å². The molecule has 1 aromatic heterocycles. The van der Waals surface area contributed by atoms with Crippen LogP contribution in [0.5, 0.6) is 11.5 Å². The summed E-state index contributed by atoms with van der Waals surface area (Å²) in [5.74, 6) is 2.08. The highest BCUT2D eigenvalue weighted by molar-refractivity contribution is 5.83. The Labute approximate surface area is 183 Å². The number of carbonyl (C=O) groups excluding carboxylic acids is 1. The van der Waals surface area contributed by atoms with Gasteiger partial charge in [0.1, 0.15) is 0 Å². The number of hydrogen-bond donors (Lipinski definition) is 2. The summed E-state index contributed by atoms with van der Waals surface area (Å²) in [4.78, 5) is 16.9. The van der Waals surface area contributed by atoms with Gasteiger partial charge in [-0.05, 0) is 56.2 Å². The molecule has 1 aliphatic rings. The van der Waals surface area contributed by atoms with Gasteiger partial charge in [-0.3, -0.25) is 4.79 Å². The van der Waals surface area contributed by atoms with Crippen molar-refractivity contribution in [3.05, 3.63) is 35.7 Å². The fourth-order valence-corrected chi connectivity index (χ4v) is 4.04. The van der Waals surface area contributed by atoms with Crippen LogP contribution in [0.4, 0.5) is 0 Å². The third-order valence-corrected chi connectivity index (χ3v) is 5.98. The van der Waals surface area contributed by atoms with Crippen molar-refractivity contribution in [3.63, 3.8) is 0 Å².